The smallest absolute Gasteiger partial charge is 0.161 e. The van der Waals surface area contributed by atoms with Crippen molar-refractivity contribution in [2.45, 2.75) is 20.0 Å². The Bertz CT molecular complexity index is 572. The lowest BCUT2D eigenvalue weighted by Gasteiger charge is -2.08. The average Bonchev–Trinajstić information content (AvgIpc) is 2.53. The summed E-state index contributed by atoms with van der Waals surface area (Å²) in [7, 11) is 1.62. The summed E-state index contributed by atoms with van der Waals surface area (Å²) in [5, 5.41) is 0. The molecule has 112 valence electrons. The van der Waals surface area contributed by atoms with Crippen LogP contribution in [0.15, 0.2) is 30.3 Å². The minimum Gasteiger partial charge on any atom is -0.494 e. The van der Waals surface area contributed by atoms with Crippen molar-refractivity contribution in [2.75, 3.05) is 19.1 Å². The molecule has 0 aliphatic rings. The minimum absolute atomic E-state index is 0.405. The Kier molecular flexibility index (Phi) is 5.48. The molecule has 6 nitrogen and oxygen atoms in total. The Labute approximate surface area is 124 Å². The SMILES string of the molecule is CCCOc1ccc(-c2nc(COC)cc(NN)n2)cc1. The molecule has 0 aliphatic heterocycles. The van der Waals surface area contributed by atoms with Crippen molar-refractivity contribution in [3.8, 4) is 17.1 Å². The average molecular weight is 288 g/mol. The minimum atomic E-state index is 0.405. The van der Waals surface area contributed by atoms with Gasteiger partial charge in [0.05, 0.1) is 18.9 Å². The summed E-state index contributed by atoms with van der Waals surface area (Å²) in [5.41, 5.74) is 4.21. The molecule has 0 atom stereocenters. The predicted molar refractivity (Wildman–Crippen MR) is 81.8 cm³/mol. The maximum Gasteiger partial charge on any atom is 0.161 e. The Morgan fingerprint density at radius 2 is 1.95 bits per heavy atom. The molecule has 0 bridgehead atoms. The van der Waals surface area contributed by atoms with Gasteiger partial charge >= 0.3 is 0 Å². The van der Waals surface area contributed by atoms with E-state index in [-0.39, 0.29) is 0 Å². The summed E-state index contributed by atoms with van der Waals surface area (Å²) in [4.78, 5) is 8.81. The highest BCUT2D eigenvalue weighted by atomic mass is 16.5. The molecule has 3 N–H and O–H groups in total. The first-order valence-electron chi connectivity index (χ1n) is 6.83. The topological polar surface area (TPSA) is 82.3 Å². The van der Waals surface area contributed by atoms with E-state index in [1.807, 2.05) is 24.3 Å². The van der Waals surface area contributed by atoms with Crippen LogP contribution in [0.3, 0.4) is 0 Å². The Morgan fingerprint density at radius 1 is 1.19 bits per heavy atom. The summed E-state index contributed by atoms with van der Waals surface area (Å²) < 4.78 is 10.7. The van der Waals surface area contributed by atoms with Gasteiger partial charge in [-0.3, -0.25) is 0 Å². The van der Waals surface area contributed by atoms with Crippen LogP contribution in [-0.4, -0.2) is 23.7 Å². The molecule has 0 spiro atoms. The molecule has 2 aromatic rings. The number of nitrogen functional groups attached to an aromatic ring is 1. The highest BCUT2D eigenvalue weighted by molar-refractivity contribution is 5.58. The first-order valence-corrected chi connectivity index (χ1v) is 6.83. The number of methoxy groups -OCH3 is 1. The molecule has 0 fully saturated rings. The summed E-state index contributed by atoms with van der Waals surface area (Å²) in [5.74, 6) is 7.43. The van der Waals surface area contributed by atoms with Gasteiger partial charge in [-0.1, -0.05) is 6.92 Å². The molecule has 1 aromatic carbocycles. The lowest BCUT2D eigenvalue weighted by Crippen LogP contribution is -2.10. The maximum atomic E-state index is 5.56. The summed E-state index contributed by atoms with van der Waals surface area (Å²) in [6.07, 6.45) is 0.982. The molecule has 21 heavy (non-hydrogen) atoms. The fraction of sp³-hybridized carbons (Fsp3) is 0.333. The number of hydrogen-bond acceptors (Lipinski definition) is 6. The van der Waals surface area contributed by atoms with Gasteiger partial charge in [0.2, 0.25) is 0 Å². The highest BCUT2D eigenvalue weighted by Gasteiger charge is 2.07. The van der Waals surface area contributed by atoms with Gasteiger partial charge < -0.3 is 14.9 Å². The fourth-order valence-corrected chi connectivity index (χ4v) is 1.84. The van der Waals surface area contributed by atoms with Crippen LogP contribution < -0.4 is 16.0 Å². The quantitative estimate of drug-likeness (QED) is 0.601. The van der Waals surface area contributed by atoms with E-state index < -0.39 is 0 Å². The molecular weight excluding hydrogens is 268 g/mol. The molecule has 0 saturated carbocycles. The molecule has 0 unspecified atom stereocenters. The van der Waals surface area contributed by atoms with E-state index in [1.165, 1.54) is 0 Å². The van der Waals surface area contributed by atoms with Gasteiger partial charge in [-0.2, -0.15) is 0 Å². The van der Waals surface area contributed by atoms with Crippen LogP contribution in [0.4, 0.5) is 5.82 Å². The van der Waals surface area contributed by atoms with Gasteiger partial charge in [0.1, 0.15) is 11.6 Å². The molecule has 0 radical (unpaired) electrons. The molecule has 1 heterocycles. The van der Waals surface area contributed by atoms with E-state index in [2.05, 4.69) is 22.3 Å². The Balaban J connectivity index is 2.25. The third-order valence-corrected chi connectivity index (χ3v) is 2.80. The lowest BCUT2D eigenvalue weighted by atomic mass is 10.2. The second kappa shape index (κ2) is 7.56. The number of nitrogens with zero attached hydrogens (tertiary/aromatic N) is 2. The number of hydrogen-bond donors (Lipinski definition) is 2. The van der Waals surface area contributed by atoms with Crippen LogP contribution in [-0.2, 0) is 11.3 Å². The number of nitrogens with one attached hydrogen (secondary N) is 1. The van der Waals surface area contributed by atoms with Crippen LogP contribution in [0.2, 0.25) is 0 Å². The van der Waals surface area contributed by atoms with E-state index >= 15 is 0 Å². The van der Waals surface area contributed by atoms with Gasteiger partial charge in [0.25, 0.3) is 0 Å². The van der Waals surface area contributed by atoms with E-state index in [0.29, 0.717) is 24.9 Å². The molecule has 2 rings (SSSR count). The zero-order valence-corrected chi connectivity index (χ0v) is 12.3. The van der Waals surface area contributed by atoms with E-state index in [9.17, 15) is 0 Å². The summed E-state index contributed by atoms with van der Waals surface area (Å²) in [6.45, 7) is 3.19. The fourth-order valence-electron chi connectivity index (χ4n) is 1.84. The van der Waals surface area contributed by atoms with Crippen molar-refractivity contribution in [3.63, 3.8) is 0 Å². The van der Waals surface area contributed by atoms with Gasteiger partial charge in [-0.15, -0.1) is 0 Å². The molecule has 0 saturated heterocycles. The Morgan fingerprint density at radius 3 is 2.57 bits per heavy atom. The zero-order valence-electron chi connectivity index (χ0n) is 12.3. The Hall–Kier alpha value is -2.18. The number of rotatable bonds is 7. The van der Waals surface area contributed by atoms with E-state index in [4.69, 9.17) is 15.3 Å². The van der Waals surface area contributed by atoms with Crippen molar-refractivity contribution in [3.05, 3.63) is 36.0 Å². The van der Waals surface area contributed by atoms with Crippen LogP contribution >= 0.6 is 0 Å². The van der Waals surface area contributed by atoms with Crippen molar-refractivity contribution >= 4 is 5.82 Å². The summed E-state index contributed by atoms with van der Waals surface area (Å²) in [6, 6.07) is 9.43. The number of nitrogens with two attached hydrogens (primary N) is 1. The van der Waals surface area contributed by atoms with Gasteiger partial charge in [-0.05, 0) is 30.7 Å². The van der Waals surface area contributed by atoms with E-state index in [0.717, 1.165) is 23.4 Å². The van der Waals surface area contributed by atoms with E-state index in [1.54, 1.807) is 13.2 Å². The van der Waals surface area contributed by atoms with Crippen molar-refractivity contribution in [1.82, 2.24) is 9.97 Å². The van der Waals surface area contributed by atoms with Crippen LogP contribution in [0.5, 0.6) is 5.75 Å². The van der Waals surface area contributed by atoms with Crippen LogP contribution in [0.1, 0.15) is 19.0 Å². The number of benzene rings is 1. The third kappa shape index (κ3) is 4.14. The van der Waals surface area contributed by atoms with Gasteiger partial charge in [0, 0.05) is 18.7 Å². The third-order valence-electron chi connectivity index (χ3n) is 2.80. The van der Waals surface area contributed by atoms with Gasteiger partial charge in [0.15, 0.2) is 5.82 Å². The molecular formula is C15H20N4O2. The highest BCUT2D eigenvalue weighted by Crippen LogP contribution is 2.21. The normalized spacial score (nSPS) is 10.4. The molecule has 1 aromatic heterocycles. The second-order valence-corrected chi connectivity index (χ2v) is 4.52. The van der Waals surface area contributed by atoms with Crippen molar-refractivity contribution in [1.29, 1.82) is 0 Å². The first-order chi connectivity index (χ1) is 10.3. The van der Waals surface area contributed by atoms with Crippen LogP contribution in [0.25, 0.3) is 11.4 Å². The maximum absolute atomic E-state index is 5.56. The van der Waals surface area contributed by atoms with Crippen molar-refractivity contribution < 1.29 is 9.47 Å². The molecule has 0 aliphatic carbocycles. The summed E-state index contributed by atoms with van der Waals surface area (Å²) >= 11 is 0. The monoisotopic (exact) mass is 288 g/mol. The first kappa shape index (κ1) is 15.2. The second-order valence-electron chi connectivity index (χ2n) is 4.52. The number of ether oxygens (including phenoxy) is 2. The number of aromatic nitrogens is 2. The molecule has 6 heteroatoms. The van der Waals surface area contributed by atoms with Gasteiger partial charge in [-0.25, -0.2) is 15.8 Å². The lowest BCUT2D eigenvalue weighted by molar-refractivity contribution is 0.181. The molecule has 0 amide bonds. The number of anilines is 1. The van der Waals surface area contributed by atoms with Crippen molar-refractivity contribution in [2.24, 2.45) is 5.84 Å². The number of hydrazine groups is 1. The van der Waals surface area contributed by atoms with Crippen LogP contribution in [0, 0.1) is 0 Å². The standard InChI is InChI=1S/C15H20N4O2/c1-3-8-21-13-6-4-11(5-7-13)15-17-12(10-20-2)9-14(18-15)19-16/h4-7,9H,3,8,10,16H2,1-2H3,(H,17,18,19). The largest absolute Gasteiger partial charge is 0.494 e. The zero-order chi connectivity index (χ0) is 15.1. The predicted octanol–water partition coefficient (Wildman–Crippen LogP) is 2.36.